The summed E-state index contributed by atoms with van der Waals surface area (Å²) in [4.78, 5) is 21.7. The van der Waals surface area contributed by atoms with Gasteiger partial charge in [0.2, 0.25) is 5.88 Å². The number of hydrogen-bond acceptors (Lipinski definition) is 7. The van der Waals surface area contributed by atoms with Gasteiger partial charge in [0.1, 0.15) is 12.1 Å². The third kappa shape index (κ3) is 4.48. The molecule has 5 rings (SSSR count). The zero-order valence-electron chi connectivity index (χ0n) is 19.4. The highest BCUT2D eigenvalue weighted by atomic mass is 79.9. The van der Waals surface area contributed by atoms with Crippen LogP contribution in [0.4, 0.5) is 11.4 Å². The van der Waals surface area contributed by atoms with Crippen LogP contribution in [0, 0.1) is 0 Å². The lowest BCUT2D eigenvalue weighted by Gasteiger charge is -2.13. The summed E-state index contributed by atoms with van der Waals surface area (Å²) in [6, 6.07) is 19.9. The zero-order valence-corrected chi connectivity index (χ0v) is 21.0. The monoisotopic (exact) mass is 544 g/mol. The molecular weight excluding hydrogens is 524 g/mol. The van der Waals surface area contributed by atoms with Crippen molar-refractivity contribution in [3.8, 4) is 23.1 Å². The molecule has 180 valence electrons. The summed E-state index contributed by atoms with van der Waals surface area (Å²) in [5.41, 5.74) is 8.23. The van der Waals surface area contributed by atoms with Crippen LogP contribution < -0.4 is 25.3 Å². The Morgan fingerprint density at radius 2 is 1.72 bits per heavy atom. The summed E-state index contributed by atoms with van der Waals surface area (Å²) < 4.78 is 17.7. The molecule has 0 bridgehead atoms. The van der Waals surface area contributed by atoms with E-state index in [4.69, 9.17) is 19.9 Å². The number of hydrogen-bond donors (Lipinski definition) is 2. The number of rotatable bonds is 6. The normalized spacial score (nSPS) is 10.9. The molecule has 0 aliphatic heterocycles. The second-order valence-electron chi connectivity index (χ2n) is 7.88. The molecule has 4 aromatic carbocycles. The molecule has 5 aromatic rings. The number of methoxy groups -OCH3 is 2. The van der Waals surface area contributed by atoms with Gasteiger partial charge in [0.25, 0.3) is 5.91 Å². The van der Waals surface area contributed by atoms with Crippen molar-refractivity contribution in [1.29, 1.82) is 0 Å². The number of nitrogens with one attached hydrogen (secondary N) is 1. The van der Waals surface area contributed by atoms with Crippen molar-refractivity contribution in [1.82, 2.24) is 9.97 Å². The summed E-state index contributed by atoms with van der Waals surface area (Å²) in [7, 11) is 3.13. The fraction of sp³-hybridized carbons (Fsp3) is 0.0741. The van der Waals surface area contributed by atoms with E-state index in [-0.39, 0.29) is 5.91 Å². The van der Waals surface area contributed by atoms with E-state index < -0.39 is 0 Å². The Morgan fingerprint density at radius 1 is 0.917 bits per heavy atom. The molecule has 0 aliphatic carbocycles. The van der Waals surface area contributed by atoms with Crippen molar-refractivity contribution in [3.05, 3.63) is 83.1 Å². The number of halogens is 1. The van der Waals surface area contributed by atoms with Gasteiger partial charge in [-0.1, -0.05) is 28.1 Å². The molecule has 0 aliphatic rings. The maximum atomic E-state index is 13.1. The van der Waals surface area contributed by atoms with Gasteiger partial charge >= 0.3 is 0 Å². The summed E-state index contributed by atoms with van der Waals surface area (Å²) in [6.45, 7) is 0. The molecule has 3 N–H and O–H groups in total. The maximum absolute atomic E-state index is 13.1. The fourth-order valence-electron chi connectivity index (χ4n) is 3.91. The number of anilines is 2. The summed E-state index contributed by atoms with van der Waals surface area (Å²) in [5.74, 6) is 1.79. The number of ether oxygens (including phenoxy) is 3. The number of nitrogens with zero attached hydrogens (tertiary/aromatic N) is 2. The summed E-state index contributed by atoms with van der Waals surface area (Å²) in [5, 5.41) is 5.17. The first-order chi connectivity index (χ1) is 17.5. The minimum Gasteiger partial charge on any atom is -0.493 e. The van der Waals surface area contributed by atoms with Crippen LogP contribution in [0.15, 0.2) is 77.5 Å². The number of carbonyl (C=O) groups excluding carboxylic acids is 1. The molecule has 36 heavy (non-hydrogen) atoms. The Bertz CT molecular complexity index is 1620. The van der Waals surface area contributed by atoms with Crippen molar-refractivity contribution < 1.29 is 19.0 Å². The predicted molar refractivity (Wildman–Crippen MR) is 143 cm³/mol. The van der Waals surface area contributed by atoms with Gasteiger partial charge in [0, 0.05) is 16.1 Å². The van der Waals surface area contributed by atoms with Gasteiger partial charge in [-0.05, 0) is 59.3 Å². The Morgan fingerprint density at radius 3 is 2.50 bits per heavy atom. The van der Waals surface area contributed by atoms with Gasteiger partial charge in [-0.3, -0.25) is 4.79 Å². The van der Waals surface area contributed by atoms with Crippen molar-refractivity contribution in [3.63, 3.8) is 0 Å². The van der Waals surface area contributed by atoms with Gasteiger partial charge in [-0.2, -0.15) is 0 Å². The molecular formula is C27H21BrN4O4. The van der Waals surface area contributed by atoms with E-state index in [1.165, 1.54) is 6.33 Å². The van der Waals surface area contributed by atoms with Crippen molar-refractivity contribution >= 4 is 54.9 Å². The topological polar surface area (TPSA) is 109 Å². The smallest absolute Gasteiger partial charge is 0.256 e. The third-order valence-electron chi connectivity index (χ3n) is 5.68. The quantitative estimate of drug-likeness (QED) is 0.245. The van der Waals surface area contributed by atoms with Crippen LogP contribution in [0.1, 0.15) is 10.4 Å². The van der Waals surface area contributed by atoms with E-state index in [0.717, 1.165) is 15.2 Å². The SMILES string of the molecule is COc1cc2ncnc(Oc3ccc4c(C(=O)Nc5ccc(Br)cc5N)cccc4c3)c2cc1OC. The molecule has 8 nitrogen and oxygen atoms in total. The average Bonchev–Trinajstić information content (AvgIpc) is 2.89. The molecule has 0 saturated carbocycles. The van der Waals surface area contributed by atoms with Gasteiger partial charge in [-0.15, -0.1) is 0 Å². The maximum Gasteiger partial charge on any atom is 0.256 e. The van der Waals surface area contributed by atoms with Gasteiger partial charge in [-0.25, -0.2) is 9.97 Å². The molecule has 0 unspecified atom stereocenters. The Labute approximate surface area is 215 Å². The van der Waals surface area contributed by atoms with E-state index in [1.54, 1.807) is 50.6 Å². The number of fused-ring (bicyclic) bond motifs is 2. The highest BCUT2D eigenvalue weighted by molar-refractivity contribution is 9.10. The largest absolute Gasteiger partial charge is 0.493 e. The molecule has 1 amide bonds. The number of nitrogens with two attached hydrogens (primary N) is 1. The Balaban J connectivity index is 1.47. The molecule has 1 heterocycles. The first-order valence-electron chi connectivity index (χ1n) is 10.9. The minimum atomic E-state index is -0.258. The molecule has 0 fully saturated rings. The second-order valence-corrected chi connectivity index (χ2v) is 8.80. The number of nitrogen functional groups attached to an aromatic ring is 1. The first kappa shape index (κ1) is 23.4. The standard InChI is InChI=1S/C27H21BrN4O4/c1-34-24-12-20-23(13-25(24)35-2)30-14-31-27(20)36-17-7-8-18-15(10-17)4-3-5-19(18)26(33)32-22-9-6-16(28)11-21(22)29/h3-14H,29H2,1-2H3,(H,32,33). The lowest BCUT2D eigenvalue weighted by atomic mass is 10.0. The van der Waals surface area contributed by atoms with E-state index in [9.17, 15) is 4.79 Å². The van der Waals surface area contributed by atoms with E-state index in [0.29, 0.717) is 51.0 Å². The minimum absolute atomic E-state index is 0.258. The number of amides is 1. The summed E-state index contributed by atoms with van der Waals surface area (Å²) >= 11 is 3.37. The van der Waals surface area contributed by atoms with Gasteiger partial charge in [0.15, 0.2) is 11.5 Å². The molecule has 1 aromatic heterocycles. The van der Waals surface area contributed by atoms with Crippen LogP contribution in [0.2, 0.25) is 0 Å². The molecule has 0 radical (unpaired) electrons. The van der Waals surface area contributed by atoms with Gasteiger partial charge in [0.05, 0.1) is 36.5 Å². The lowest BCUT2D eigenvalue weighted by molar-refractivity contribution is 0.102. The van der Waals surface area contributed by atoms with Crippen LogP contribution in [0.25, 0.3) is 21.7 Å². The van der Waals surface area contributed by atoms with Crippen molar-refractivity contribution in [2.45, 2.75) is 0 Å². The molecule has 0 atom stereocenters. The van der Waals surface area contributed by atoms with Crippen LogP contribution >= 0.6 is 15.9 Å². The number of aromatic nitrogens is 2. The van der Waals surface area contributed by atoms with Crippen LogP contribution in [0.5, 0.6) is 23.1 Å². The fourth-order valence-corrected chi connectivity index (χ4v) is 4.29. The Kier molecular flexibility index (Phi) is 6.30. The average molecular weight is 545 g/mol. The second kappa shape index (κ2) is 9.71. The highest BCUT2D eigenvalue weighted by Gasteiger charge is 2.15. The van der Waals surface area contributed by atoms with Crippen LogP contribution in [-0.4, -0.2) is 30.1 Å². The highest BCUT2D eigenvalue weighted by Crippen LogP contribution is 2.36. The molecule has 0 spiro atoms. The molecule has 0 saturated heterocycles. The predicted octanol–water partition coefficient (Wildman–Crippen LogP) is 6.19. The van der Waals surface area contributed by atoms with Crippen LogP contribution in [0.3, 0.4) is 0 Å². The van der Waals surface area contributed by atoms with E-state index in [1.807, 2.05) is 30.3 Å². The number of benzene rings is 4. The third-order valence-corrected chi connectivity index (χ3v) is 6.17. The zero-order chi connectivity index (χ0) is 25.2. The number of carbonyl (C=O) groups is 1. The van der Waals surface area contributed by atoms with Crippen molar-refractivity contribution in [2.24, 2.45) is 0 Å². The Hall–Kier alpha value is -4.37. The van der Waals surface area contributed by atoms with Gasteiger partial charge < -0.3 is 25.3 Å². The lowest BCUT2D eigenvalue weighted by Crippen LogP contribution is -2.13. The van der Waals surface area contributed by atoms with Crippen molar-refractivity contribution in [2.75, 3.05) is 25.3 Å². The first-order valence-corrected chi connectivity index (χ1v) is 11.7. The van der Waals surface area contributed by atoms with E-state index >= 15 is 0 Å². The van der Waals surface area contributed by atoms with E-state index in [2.05, 4.69) is 31.2 Å². The van der Waals surface area contributed by atoms with Crippen LogP contribution in [-0.2, 0) is 0 Å². The summed E-state index contributed by atoms with van der Waals surface area (Å²) in [6.07, 6.45) is 1.43. The molecule has 9 heteroatoms.